The fourth-order valence-corrected chi connectivity index (χ4v) is 3.03. The van der Waals surface area contributed by atoms with Gasteiger partial charge in [0.1, 0.15) is 5.75 Å². The summed E-state index contributed by atoms with van der Waals surface area (Å²) in [6.07, 6.45) is 4.65. The van der Waals surface area contributed by atoms with Crippen LogP contribution in [0.25, 0.3) is 0 Å². The first-order valence-corrected chi connectivity index (χ1v) is 6.94. The van der Waals surface area contributed by atoms with Crippen molar-refractivity contribution in [1.29, 1.82) is 0 Å². The predicted octanol–water partition coefficient (Wildman–Crippen LogP) is 3.15. The van der Waals surface area contributed by atoms with Crippen LogP contribution < -0.4 is 10.1 Å². The summed E-state index contributed by atoms with van der Waals surface area (Å²) in [7, 11) is 1.74. The molecule has 1 N–H and O–H groups in total. The van der Waals surface area contributed by atoms with Crippen molar-refractivity contribution < 1.29 is 4.74 Å². The third kappa shape index (κ3) is 2.20. The highest BCUT2D eigenvalue weighted by atomic mass is 32.2. The Balaban J connectivity index is 2.40. The van der Waals surface area contributed by atoms with Gasteiger partial charge < -0.3 is 10.1 Å². The van der Waals surface area contributed by atoms with Gasteiger partial charge in [-0.25, -0.2) is 0 Å². The number of thioether (sulfide) groups is 1. The van der Waals surface area contributed by atoms with Gasteiger partial charge >= 0.3 is 0 Å². The van der Waals surface area contributed by atoms with E-state index in [9.17, 15) is 0 Å². The van der Waals surface area contributed by atoms with Crippen LogP contribution in [0.4, 0.5) is 0 Å². The third-order valence-corrected chi connectivity index (χ3v) is 3.98. The zero-order valence-electron chi connectivity index (χ0n) is 10.2. The molecule has 16 heavy (non-hydrogen) atoms. The Bertz CT molecular complexity index is 372. The summed E-state index contributed by atoms with van der Waals surface area (Å²) in [5.41, 5.74) is 2.61. The first kappa shape index (κ1) is 11.8. The molecule has 2 rings (SSSR count). The smallest absolute Gasteiger partial charge is 0.122 e. The van der Waals surface area contributed by atoms with Gasteiger partial charge in [-0.05, 0) is 55.8 Å². The lowest BCUT2D eigenvalue weighted by atomic mass is 10.0. The number of rotatable bonds is 3. The lowest BCUT2D eigenvalue weighted by Gasteiger charge is -2.17. The summed E-state index contributed by atoms with van der Waals surface area (Å²) < 4.78 is 5.41. The Morgan fingerprint density at radius 1 is 1.44 bits per heavy atom. The second-order valence-corrected chi connectivity index (χ2v) is 5.06. The van der Waals surface area contributed by atoms with Gasteiger partial charge in [0.05, 0.1) is 7.11 Å². The van der Waals surface area contributed by atoms with Gasteiger partial charge in [0, 0.05) is 10.9 Å². The minimum absolute atomic E-state index is 0.511. The molecule has 1 saturated heterocycles. The molecular formula is C13H19NOS. The van der Waals surface area contributed by atoms with E-state index in [0.717, 1.165) is 12.3 Å². The molecule has 1 aromatic rings. The highest BCUT2D eigenvalue weighted by Crippen LogP contribution is 2.35. The van der Waals surface area contributed by atoms with Crippen LogP contribution in [0.1, 0.15) is 30.0 Å². The molecule has 88 valence electrons. The van der Waals surface area contributed by atoms with Gasteiger partial charge in [-0.1, -0.05) is 0 Å². The third-order valence-electron chi connectivity index (χ3n) is 3.18. The number of ether oxygens (including phenoxy) is 1. The Labute approximate surface area is 102 Å². The average Bonchev–Trinajstić information content (AvgIpc) is 2.82. The maximum Gasteiger partial charge on any atom is 0.122 e. The molecule has 0 radical (unpaired) electrons. The van der Waals surface area contributed by atoms with Crippen LogP contribution in [0, 0.1) is 6.92 Å². The molecule has 2 nitrogen and oxygen atoms in total. The van der Waals surface area contributed by atoms with Crippen LogP contribution in [0.2, 0.25) is 0 Å². The number of nitrogens with one attached hydrogen (secondary N) is 1. The van der Waals surface area contributed by atoms with E-state index < -0.39 is 0 Å². The summed E-state index contributed by atoms with van der Waals surface area (Å²) in [5, 5.41) is 3.55. The van der Waals surface area contributed by atoms with Crippen molar-refractivity contribution in [2.75, 3.05) is 19.9 Å². The summed E-state index contributed by atoms with van der Waals surface area (Å²) in [6, 6.07) is 4.94. The summed E-state index contributed by atoms with van der Waals surface area (Å²) >= 11 is 1.82. The van der Waals surface area contributed by atoms with Crippen LogP contribution in [0.3, 0.4) is 0 Å². The van der Waals surface area contributed by atoms with Crippen LogP contribution in [0.15, 0.2) is 17.0 Å². The fourth-order valence-electron chi connectivity index (χ4n) is 2.30. The normalized spacial score (nSPS) is 20.1. The minimum Gasteiger partial charge on any atom is -0.496 e. The second-order valence-electron chi connectivity index (χ2n) is 4.21. The van der Waals surface area contributed by atoms with Gasteiger partial charge in [0.2, 0.25) is 0 Å². The summed E-state index contributed by atoms with van der Waals surface area (Å²) in [5.74, 6) is 1.00. The Hall–Kier alpha value is -0.670. The molecule has 0 aromatic heterocycles. The predicted molar refractivity (Wildman–Crippen MR) is 69.5 cm³/mol. The molecule has 1 aromatic carbocycles. The number of hydrogen-bond donors (Lipinski definition) is 1. The molecule has 1 aliphatic rings. The topological polar surface area (TPSA) is 21.3 Å². The van der Waals surface area contributed by atoms with Crippen molar-refractivity contribution in [2.24, 2.45) is 0 Å². The molecule has 0 bridgehead atoms. The lowest BCUT2D eigenvalue weighted by molar-refractivity contribution is 0.409. The van der Waals surface area contributed by atoms with Crippen molar-refractivity contribution in [3.05, 3.63) is 23.3 Å². The van der Waals surface area contributed by atoms with Crippen molar-refractivity contribution in [1.82, 2.24) is 5.32 Å². The van der Waals surface area contributed by atoms with Crippen LogP contribution in [-0.4, -0.2) is 19.9 Å². The maximum absolute atomic E-state index is 5.41. The summed E-state index contributed by atoms with van der Waals surface area (Å²) in [4.78, 5) is 1.37. The second kappa shape index (κ2) is 5.11. The first-order chi connectivity index (χ1) is 7.76. The SMILES string of the molecule is COc1cc(C2CCCN2)c(SC)cc1C. The Morgan fingerprint density at radius 3 is 2.81 bits per heavy atom. The van der Waals surface area contributed by atoms with Crippen LogP contribution in [-0.2, 0) is 0 Å². The van der Waals surface area contributed by atoms with Crippen molar-refractivity contribution in [2.45, 2.75) is 30.7 Å². The van der Waals surface area contributed by atoms with E-state index in [1.54, 1.807) is 7.11 Å². The zero-order chi connectivity index (χ0) is 11.5. The quantitative estimate of drug-likeness (QED) is 0.816. The standard InChI is InChI=1S/C13H19NOS/c1-9-7-13(16-3)10(8-12(9)15-2)11-5-4-6-14-11/h7-8,11,14H,4-6H2,1-3H3. The molecule has 3 heteroatoms. The molecule has 1 heterocycles. The molecule has 1 aliphatic heterocycles. The van der Waals surface area contributed by atoms with E-state index in [1.165, 1.54) is 28.9 Å². The number of benzene rings is 1. The van der Waals surface area contributed by atoms with Crippen LogP contribution >= 0.6 is 11.8 Å². The number of hydrogen-bond acceptors (Lipinski definition) is 3. The highest BCUT2D eigenvalue weighted by Gasteiger charge is 2.20. The molecule has 1 fully saturated rings. The van der Waals surface area contributed by atoms with Gasteiger partial charge in [-0.15, -0.1) is 11.8 Å². The Morgan fingerprint density at radius 2 is 2.25 bits per heavy atom. The largest absolute Gasteiger partial charge is 0.496 e. The molecule has 0 amide bonds. The monoisotopic (exact) mass is 237 g/mol. The van der Waals surface area contributed by atoms with Crippen molar-refractivity contribution in [3.63, 3.8) is 0 Å². The van der Waals surface area contributed by atoms with Gasteiger partial charge in [-0.3, -0.25) is 0 Å². The van der Waals surface area contributed by atoms with Gasteiger partial charge in [0.25, 0.3) is 0 Å². The van der Waals surface area contributed by atoms with E-state index in [1.807, 2.05) is 11.8 Å². The highest BCUT2D eigenvalue weighted by molar-refractivity contribution is 7.98. The van der Waals surface area contributed by atoms with E-state index in [2.05, 4.69) is 30.6 Å². The van der Waals surface area contributed by atoms with Crippen molar-refractivity contribution >= 4 is 11.8 Å². The minimum atomic E-state index is 0.511. The van der Waals surface area contributed by atoms with E-state index in [4.69, 9.17) is 4.74 Å². The number of methoxy groups -OCH3 is 1. The van der Waals surface area contributed by atoms with Gasteiger partial charge in [-0.2, -0.15) is 0 Å². The lowest BCUT2D eigenvalue weighted by Crippen LogP contribution is -2.14. The van der Waals surface area contributed by atoms with E-state index in [0.29, 0.717) is 6.04 Å². The van der Waals surface area contributed by atoms with E-state index >= 15 is 0 Å². The average molecular weight is 237 g/mol. The van der Waals surface area contributed by atoms with Crippen LogP contribution in [0.5, 0.6) is 5.75 Å². The molecule has 0 saturated carbocycles. The molecular weight excluding hydrogens is 218 g/mol. The first-order valence-electron chi connectivity index (χ1n) is 5.72. The Kier molecular flexibility index (Phi) is 3.77. The van der Waals surface area contributed by atoms with Gasteiger partial charge in [0.15, 0.2) is 0 Å². The fraction of sp³-hybridized carbons (Fsp3) is 0.538. The van der Waals surface area contributed by atoms with E-state index in [-0.39, 0.29) is 0 Å². The number of aryl methyl sites for hydroxylation is 1. The molecule has 1 atom stereocenters. The molecule has 0 aliphatic carbocycles. The molecule has 1 unspecified atom stereocenters. The van der Waals surface area contributed by atoms with Crippen molar-refractivity contribution in [3.8, 4) is 5.75 Å². The summed E-state index contributed by atoms with van der Waals surface area (Å²) in [6.45, 7) is 3.24. The maximum atomic E-state index is 5.41. The zero-order valence-corrected chi connectivity index (χ0v) is 11.0. The molecule has 0 spiro atoms.